The van der Waals surface area contributed by atoms with Crippen LogP contribution in [0.15, 0.2) is 24.3 Å². The zero-order valence-corrected chi connectivity index (χ0v) is 13.1. The molecule has 3 nitrogen and oxygen atoms in total. The highest BCUT2D eigenvalue weighted by Crippen LogP contribution is 2.34. The molecule has 1 aromatic rings. The second kappa shape index (κ2) is 6.59. The Kier molecular flexibility index (Phi) is 5.06. The molecule has 0 amide bonds. The first kappa shape index (κ1) is 15.3. The van der Waals surface area contributed by atoms with Crippen molar-refractivity contribution >= 4 is 0 Å². The van der Waals surface area contributed by atoms with Gasteiger partial charge < -0.3 is 14.8 Å². The van der Waals surface area contributed by atoms with E-state index in [1.807, 2.05) is 12.1 Å². The Hall–Kier alpha value is -1.06. The molecule has 2 atom stereocenters. The van der Waals surface area contributed by atoms with Gasteiger partial charge in [-0.1, -0.05) is 12.1 Å². The van der Waals surface area contributed by atoms with Crippen molar-refractivity contribution in [2.24, 2.45) is 5.92 Å². The number of rotatable bonds is 4. The molecule has 1 heterocycles. The van der Waals surface area contributed by atoms with Crippen LogP contribution in [0.2, 0.25) is 0 Å². The number of benzene rings is 1. The monoisotopic (exact) mass is 277 g/mol. The van der Waals surface area contributed by atoms with Crippen molar-refractivity contribution < 1.29 is 9.47 Å². The van der Waals surface area contributed by atoms with Gasteiger partial charge in [-0.05, 0) is 51.3 Å². The van der Waals surface area contributed by atoms with Crippen LogP contribution in [-0.4, -0.2) is 25.8 Å². The number of nitrogens with one attached hydrogen (secondary N) is 1. The molecular formula is C17H27NO2. The minimum Gasteiger partial charge on any atom is -0.497 e. The van der Waals surface area contributed by atoms with E-state index in [4.69, 9.17) is 9.47 Å². The first-order chi connectivity index (χ1) is 9.49. The number of methoxy groups -OCH3 is 1. The van der Waals surface area contributed by atoms with Crippen molar-refractivity contribution in [2.45, 2.75) is 45.3 Å². The average molecular weight is 277 g/mol. The van der Waals surface area contributed by atoms with E-state index in [1.165, 1.54) is 12.0 Å². The fourth-order valence-corrected chi connectivity index (χ4v) is 2.65. The predicted octanol–water partition coefficient (Wildman–Crippen LogP) is 3.55. The third-order valence-electron chi connectivity index (χ3n) is 3.78. The lowest BCUT2D eigenvalue weighted by atomic mass is 9.88. The summed E-state index contributed by atoms with van der Waals surface area (Å²) in [6.07, 6.45) is 2.58. The summed E-state index contributed by atoms with van der Waals surface area (Å²) in [5.41, 5.74) is 1.41. The molecule has 3 heteroatoms. The topological polar surface area (TPSA) is 30.5 Å². The van der Waals surface area contributed by atoms with Crippen LogP contribution in [0, 0.1) is 5.92 Å². The smallest absolute Gasteiger partial charge is 0.118 e. The van der Waals surface area contributed by atoms with Crippen LogP contribution in [0.4, 0.5) is 0 Å². The van der Waals surface area contributed by atoms with E-state index < -0.39 is 0 Å². The fourth-order valence-electron chi connectivity index (χ4n) is 2.65. The van der Waals surface area contributed by atoms with Crippen LogP contribution in [0.25, 0.3) is 0 Å². The lowest BCUT2D eigenvalue weighted by Gasteiger charge is -2.34. The van der Waals surface area contributed by atoms with Crippen molar-refractivity contribution in [1.29, 1.82) is 0 Å². The maximum Gasteiger partial charge on any atom is 0.118 e. The molecule has 1 saturated heterocycles. The predicted molar refractivity (Wildman–Crippen MR) is 82.2 cm³/mol. The highest BCUT2D eigenvalue weighted by Gasteiger charge is 2.28. The molecule has 1 N–H and O–H groups in total. The van der Waals surface area contributed by atoms with E-state index in [-0.39, 0.29) is 11.6 Å². The molecule has 1 fully saturated rings. The zero-order valence-electron chi connectivity index (χ0n) is 13.1. The summed E-state index contributed by atoms with van der Waals surface area (Å²) in [4.78, 5) is 0. The van der Waals surface area contributed by atoms with Gasteiger partial charge in [-0.15, -0.1) is 0 Å². The Morgan fingerprint density at radius 2 is 1.95 bits per heavy atom. The van der Waals surface area contributed by atoms with E-state index in [1.54, 1.807) is 7.11 Å². The highest BCUT2D eigenvalue weighted by molar-refractivity contribution is 5.29. The molecule has 0 bridgehead atoms. The van der Waals surface area contributed by atoms with Crippen LogP contribution >= 0.6 is 0 Å². The highest BCUT2D eigenvalue weighted by atomic mass is 16.5. The van der Waals surface area contributed by atoms with Gasteiger partial charge in [0.2, 0.25) is 0 Å². The number of hydrogen-bond donors (Lipinski definition) is 1. The largest absolute Gasteiger partial charge is 0.497 e. The molecule has 0 aliphatic carbocycles. The van der Waals surface area contributed by atoms with Gasteiger partial charge in [0.15, 0.2) is 0 Å². The molecule has 1 aromatic carbocycles. The maximum absolute atomic E-state index is 6.03. The molecule has 20 heavy (non-hydrogen) atoms. The SMILES string of the molecule is COc1ccc(C2OCCCC2CNC(C)(C)C)cc1. The molecule has 0 spiro atoms. The number of ether oxygens (including phenoxy) is 2. The molecule has 1 aliphatic rings. The fraction of sp³-hybridized carbons (Fsp3) is 0.647. The van der Waals surface area contributed by atoms with Crippen LogP contribution in [0.5, 0.6) is 5.75 Å². The first-order valence-corrected chi connectivity index (χ1v) is 7.50. The van der Waals surface area contributed by atoms with Gasteiger partial charge in [-0.25, -0.2) is 0 Å². The van der Waals surface area contributed by atoms with Gasteiger partial charge in [0.25, 0.3) is 0 Å². The second-order valence-corrected chi connectivity index (χ2v) is 6.60. The molecule has 1 aliphatic heterocycles. The third kappa shape index (κ3) is 4.22. The molecular weight excluding hydrogens is 250 g/mol. The Labute approximate surface area is 122 Å². The van der Waals surface area contributed by atoms with Crippen molar-refractivity contribution in [3.05, 3.63) is 29.8 Å². The third-order valence-corrected chi connectivity index (χ3v) is 3.78. The van der Waals surface area contributed by atoms with Gasteiger partial charge in [-0.2, -0.15) is 0 Å². The Morgan fingerprint density at radius 3 is 2.55 bits per heavy atom. The van der Waals surface area contributed by atoms with E-state index >= 15 is 0 Å². The van der Waals surface area contributed by atoms with Gasteiger partial charge in [0, 0.05) is 24.6 Å². The molecule has 0 radical (unpaired) electrons. The summed E-state index contributed by atoms with van der Waals surface area (Å²) >= 11 is 0. The quantitative estimate of drug-likeness (QED) is 0.913. The van der Waals surface area contributed by atoms with Crippen molar-refractivity contribution in [1.82, 2.24) is 5.32 Å². The maximum atomic E-state index is 6.03. The Morgan fingerprint density at radius 1 is 1.25 bits per heavy atom. The van der Waals surface area contributed by atoms with Crippen molar-refractivity contribution in [2.75, 3.05) is 20.3 Å². The molecule has 0 saturated carbocycles. The molecule has 0 aromatic heterocycles. The summed E-state index contributed by atoms with van der Waals surface area (Å²) in [6, 6.07) is 8.28. The summed E-state index contributed by atoms with van der Waals surface area (Å²) < 4.78 is 11.3. The van der Waals surface area contributed by atoms with Crippen LogP contribution in [0.1, 0.15) is 45.3 Å². The number of hydrogen-bond acceptors (Lipinski definition) is 3. The second-order valence-electron chi connectivity index (χ2n) is 6.60. The minimum absolute atomic E-state index is 0.155. The molecule has 2 unspecified atom stereocenters. The van der Waals surface area contributed by atoms with Gasteiger partial charge in [0.05, 0.1) is 13.2 Å². The lowest BCUT2D eigenvalue weighted by molar-refractivity contribution is -0.0292. The molecule has 2 rings (SSSR count). The van der Waals surface area contributed by atoms with Crippen molar-refractivity contribution in [3.63, 3.8) is 0 Å². The lowest BCUT2D eigenvalue weighted by Crippen LogP contribution is -2.41. The minimum atomic E-state index is 0.155. The van der Waals surface area contributed by atoms with Crippen molar-refractivity contribution in [3.8, 4) is 5.75 Å². The Bertz CT molecular complexity index is 408. The van der Waals surface area contributed by atoms with Gasteiger partial charge in [0.1, 0.15) is 5.75 Å². The summed E-state index contributed by atoms with van der Waals surface area (Å²) in [6.45, 7) is 8.49. The summed E-state index contributed by atoms with van der Waals surface area (Å²) in [7, 11) is 1.70. The van der Waals surface area contributed by atoms with E-state index in [0.717, 1.165) is 25.3 Å². The average Bonchev–Trinajstić information content (AvgIpc) is 2.45. The van der Waals surface area contributed by atoms with E-state index in [9.17, 15) is 0 Å². The zero-order chi connectivity index (χ0) is 14.6. The van der Waals surface area contributed by atoms with Crippen LogP contribution in [-0.2, 0) is 4.74 Å². The Balaban J connectivity index is 2.05. The summed E-state index contributed by atoms with van der Waals surface area (Å²) in [5.74, 6) is 1.44. The van der Waals surface area contributed by atoms with E-state index in [2.05, 4.69) is 38.2 Å². The summed E-state index contributed by atoms with van der Waals surface area (Å²) in [5, 5.41) is 3.61. The van der Waals surface area contributed by atoms with Crippen LogP contribution < -0.4 is 10.1 Å². The van der Waals surface area contributed by atoms with E-state index in [0.29, 0.717) is 5.92 Å². The normalized spacial score (nSPS) is 23.6. The van der Waals surface area contributed by atoms with Gasteiger partial charge >= 0.3 is 0 Å². The molecule has 112 valence electrons. The van der Waals surface area contributed by atoms with Crippen LogP contribution in [0.3, 0.4) is 0 Å². The standard InChI is InChI=1S/C17H27NO2/c1-17(2,3)18-12-14-6-5-11-20-16(14)13-7-9-15(19-4)10-8-13/h7-10,14,16,18H,5-6,11-12H2,1-4H3. The van der Waals surface area contributed by atoms with Gasteiger partial charge in [-0.3, -0.25) is 0 Å². The first-order valence-electron chi connectivity index (χ1n) is 7.50.